The molecule has 4 aliphatic carbocycles. The molecular formula is C21H30O3. The highest BCUT2D eigenvalue weighted by molar-refractivity contribution is 6.17. The van der Waals surface area contributed by atoms with Gasteiger partial charge < -0.3 is 0 Å². The predicted octanol–water partition coefficient (Wildman–Crippen LogP) is 3.84. The molecule has 0 aliphatic heterocycles. The largest absolute Gasteiger partial charge is 0.298 e. The van der Waals surface area contributed by atoms with Gasteiger partial charge in [0.05, 0.1) is 11.8 Å². The van der Waals surface area contributed by atoms with Crippen molar-refractivity contribution in [1.82, 2.24) is 0 Å². The van der Waals surface area contributed by atoms with Crippen LogP contribution in [0.2, 0.25) is 0 Å². The van der Waals surface area contributed by atoms with Gasteiger partial charge in [0.2, 0.25) is 0 Å². The molecule has 0 radical (unpaired) electrons. The van der Waals surface area contributed by atoms with E-state index in [1.54, 1.807) is 0 Å². The van der Waals surface area contributed by atoms with Crippen molar-refractivity contribution in [2.75, 3.05) is 0 Å². The van der Waals surface area contributed by atoms with Crippen LogP contribution in [-0.2, 0) is 14.4 Å². The molecule has 0 heterocycles. The predicted molar refractivity (Wildman–Crippen MR) is 91.2 cm³/mol. The van der Waals surface area contributed by atoms with Crippen molar-refractivity contribution in [2.45, 2.75) is 67.2 Å². The Hall–Kier alpha value is -0.990. The minimum atomic E-state index is -0.536. The SMILES string of the molecule is CC1(C)[C@@H]2CC[C@@]1(C)C(=O)C2C(=O)[C@H]1C(=O)[C@]2(C)CC[C@H]1C2(C)C. The van der Waals surface area contributed by atoms with Crippen LogP contribution in [0.4, 0.5) is 0 Å². The van der Waals surface area contributed by atoms with Gasteiger partial charge in [-0.25, -0.2) is 0 Å². The van der Waals surface area contributed by atoms with E-state index >= 15 is 0 Å². The van der Waals surface area contributed by atoms with Gasteiger partial charge in [-0.3, -0.25) is 14.4 Å². The third-order valence-corrected chi connectivity index (χ3v) is 9.68. The fraction of sp³-hybridized carbons (Fsp3) is 0.857. The third kappa shape index (κ3) is 1.42. The number of fused-ring (bicyclic) bond motifs is 4. The van der Waals surface area contributed by atoms with E-state index < -0.39 is 22.7 Å². The van der Waals surface area contributed by atoms with Gasteiger partial charge in [-0.15, -0.1) is 0 Å². The van der Waals surface area contributed by atoms with Gasteiger partial charge in [0.15, 0.2) is 5.78 Å². The van der Waals surface area contributed by atoms with E-state index in [9.17, 15) is 14.4 Å². The number of Topliss-reactive ketones (excluding diaryl/α,β-unsaturated/α-hetero) is 3. The molecule has 3 heteroatoms. The lowest BCUT2D eigenvalue weighted by Crippen LogP contribution is -2.42. The van der Waals surface area contributed by atoms with E-state index in [2.05, 4.69) is 27.7 Å². The normalized spacial score (nSPS) is 50.8. The Bertz CT molecular complexity index is 617. The van der Waals surface area contributed by atoms with Crippen LogP contribution in [0.1, 0.15) is 67.2 Å². The molecule has 4 aliphatic rings. The van der Waals surface area contributed by atoms with Crippen molar-refractivity contribution in [3.8, 4) is 0 Å². The number of hydrogen-bond donors (Lipinski definition) is 0. The lowest BCUT2D eigenvalue weighted by Gasteiger charge is -2.32. The van der Waals surface area contributed by atoms with Crippen LogP contribution in [0.15, 0.2) is 0 Å². The highest BCUT2D eigenvalue weighted by atomic mass is 16.2. The van der Waals surface area contributed by atoms with Crippen molar-refractivity contribution in [1.29, 1.82) is 0 Å². The molecule has 4 rings (SSSR count). The molecule has 0 spiro atoms. The van der Waals surface area contributed by atoms with E-state index in [1.807, 2.05) is 13.8 Å². The Morgan fingerprint density at radius 1 is 0.750 bits per heavy atom. The molecule has 0 saturated heterocycles. The van der Waals surface area contributed by atoms with E-state index in [0.717, 1.165) is 25.7 Å². The van der Waals surface area contributed by atoms with E-state index in [-0.39, 0.29) is 40.0 Å². The summed E-state index contributed by atoms with van der Waals surface area (Å²) in [6.07, 6.45) is 3.66. The Balaban J connectivity index is 1.72. The third-order valence-electron chi connectivity index (χ3n) is 9.68. The zero-order valence-electron chi connectivity index (χ0n) is 15.9. The van der Waals surface area contributed by atoms with Crippen LogP contribution in [0.25, 0.3) is 0 Å². The van der Waals surface area contributed by atoms with Gasteiger partial charge in [0.1, 0.15) is 11.6 Å². The summed E-state index contributed by atoms with van der Waals surface area (Å²) in [5.74, 6) is -0.638. The monoisotopic (exact) mass is 330 g/mol. The summed E-state index contributed by atoms with van der Waals surface area (Å²) in [6.45, 7) is 12.6. The Labute approximate surface area is 144 Å². The summed E-state index contributed by atoms with van der Waals surface area (Å²) in [7, 11) is 0. The Kier molecular flexibility index (Phi) is 2.89. The standard InChI is InChI=1S/C21H30O3/c1-18(2)11-7-9-20(18,5)16(23)13(11)15(22)14-12-8-10-21(6,17(14)24)19(12,3)4/h11-14H,7-10H2,1-6H3/t11-,12-,13+,14?,20+,21+/m1/s1. The molecule has 3 nitrogen and oxygen atoms in total. The number of rotatable bonds is 2. The smallest absolute Gasteiger partial charge is 0.154 e. The number of ketones is 3. The van der Waals surface area contributed by atoms with Crippen molar-refractivity contribution >= 4 is 17.3 Å². The van der Waals surface area contributed by atoms with Gasteiger partial charge in [-0.05, 0) is 48.3 Å². The zero-order valence-corrected chi connectivity index (χ0v) is 15.9. The van der Waals surface area contributed by atoms with Crippen LogP contribution < -0.4 is 0 Å². The van der Waals surface area contributed by atoms with Crippen LogP contribution in [0.5, 0.6) is 0 Å². The lowest BCUT2D eigenvalue weighted by molar-refractivity contribution is -0.144. The Morgan fingerprint density at radius 2 is 1.08 bits per heavy atom. The van der Waals surface area contributed by atoms with E-state index in [1.165, 1.54) is 0 Å². The number of hydrogen-bond acceptors (Lipinski definition) is 3. The quantitative estimate of drug-likeness (QED) is 0.723. The molecule has 4 fully saturated rings. The average Bonchev–Trinajstić information content (AvgIpc) is 2.97. The topological polar surface area (TPSA) is 51.2 Å². The molecule has 0 aromatic rings. The minimum absolute atomic E-state index is 0.0343. The molecule has 4 saturated carbocycles. The second-order valence-corrected chi connectivity index (χ2v) is 10.5. The van der Waals surface area contributed by atoms with E-state index in [4.69, 9.17) is 0 Å². The second-order valence-electron chi connectivity index (χ2n) is 10.5. The maximum Gasteiger partial charge on any atom is 0.154 e. The lowest BCUT2D eigenvalue weighted by atomic mass is 9.70. The summed E-state index contributed by atoms with van der Waals surface area (Å²) >= 11 is 0. The summed E-state index contributed by atoms with van der Waals surface area (Å²) in [6, 6.07) is 0. The van der Waals surface area contributed by atoms with E-state index in [0.29, 0.717) is 0 Å². The zero-order chi connectivity index (χ0) is 17.9. The molecule has 0 aromatic carbocycles. The van der Waals surface area contributed by atoms with Gasteiger partial charge in [0.25, 0.3) is 0 Å². The van der Waals surface area contributed by atoms with Gasteiger partial charge in [-0.1, -0.05) is 41.5 Å². The fourth-order valence-corrected chi connectivity index (χ4v) is 7.02. The van der Waals surface area contributed by atoms with Gasteiger partial charge >= 0.3 is 0 Å². The molecule has 0 aromatic heterocycles. The first-order valence-corrected chi connectivity index (χ1v) is 9.53. The van der Waals surface area contributed by atoms with Gasteiger partial charge in [-0.2, -0.15) is 0 Å². The van der Waals surface area contributed by atoms with Crippen LogP contribution in [0, 0.1) is 45.3 Å². The summed E-state index contributed by atoms with van der Waals surface area (Å²) in [4.78, 5) is 39.7. The number of carbonyl (C=O) groups excluding carboxylic acids is 3. The van der Waals surface area contributed by atoms with Crippen LogP contribution >= 0.6 is 0 Å². The summed E-state index contributed by atoms with van der Waals surface area (Å²) in [5, 5.41) is 0. The maximum absolute atomic E-state index is 13.5. The number of carbonyl (C=O) groups is 3. The first-order valence-electron chi connectivity index (χ1n) is 9.53. The molecule has 0 amide bonds. The van der Waals surface area contributed by atoms with Crippen LogP contribution in [0.3, 0.4) is 0 Å². The van der Waals surface area contributed by atoms with Crippen molar-refractivity contribution in [3.63, 3.8) is 0 Å². The molecule has 132 valence electrons. The first-order chi connectivity index (χ1) is 10.9. The first kappa shape index (κ1) is 16.5. The molecule has 0 N–H and O–H groups in total. The molecule has 4 bridgehead atoms. The van der Waals surface area contributed by atoms with Crippen molar-refractivity contribution in [3.05, 3.63) is 0 Å². The van der Waals surface area contributed by atoms with Crippen LogP contribution in [-0.4, -0.2) is 17.3 Å². The minimum Gasteiger partial charge on any atom is -0.298 e. The maximum atomic E-state index is 13.5. The highest BCUT2D eigenvalue weighted by Gasteiger charge is 2.72. The van der Waals surface area contributed by atoms with Gasteiger partial charge in [0, 0.05) is 10.8 Å². The summed E-state index contributed by atoms with van der Waals surface area (Å²) < 4.78 is 0. The highest BCUT2D eigenvalue weighted by Crippen LogP contribution is 2.69. The molecule has 1 unspecified atom stereocenters. The fourth-order valence-electron chi connectivity index (χ4n) is 7.02. The average molecular weight is 330 g/mol. The molecule has 6 atom stereocenters. The molecule has 24 heavy (non-hydrogen) atoms. The van der Waals surface area contributed by atoms with Crippen molar-refractivity contribution in [2.24, 2.45) is 45.3 Å². The summed E-state index contributed by atoms with van der Waals surface area (Å²) in [5.41, 5.74) is -1.05. The second kappa shape index (κ2) is 4.22. The van der Waals surface area contributed by atoms with Crippen molar-refractivity contribution < 1.29 is 14.4 Å². The molecular weight excluding hydrogens is 300 g/mol. The Morgan fingerprint density at radius 3 is 1.33 bits per heavy atom.